The Bertz CT molecular complexity index is 1660. The first kappa shape index (κ1) is 26.1. The van der Waals surface area contributed by atoms with Gasteiger partial charge >= 0.3 is 6.18 Å². The number of aryl methyl sites for hydroxylation is 1. The fourth-order valence-corrected chi connectivity index (χ4v) is 5.77. The van der Waals surface area contributed by atoms with E-state index in [1.54, 1.807) is 30.0 Å². The number of nitrogens with zero attached hydrogens (tertiary/aromatic N) is 4. The summed E-state index contributed by atoms with van der Waals surface area (Å²) in [6.07, 6.45) is -4.28. The molecule has 0 fully saturated rings. The summed E-state index contributed by atoms with van der Waals surface area (Å²) in [7, 11) is 0. The Labute approximate surface area is 229 Å². The molecule has 1 atom stereocenters. The number of guanidine groups is 1. The molecule has 6 rings (SSSR count). The smallest absolute Gasteiger partial charge is 0.341 e. The zero-order valence-corrected chi connectivity index (χ0v) is 22.2. The van der Waals surface area contributed by atoms with Gasteiger partial charge in [0, 0.05) is 53.8 Å². The van der Waals surface area contributed by atoms with Crippen LogP contribution in [0.4, 0.5) is 28.9 Å². The number of alkyl halides is 3. The van der Waals surface area contributed by atoms with Crippen LogP contribution in [0.15, 0.2) is 71.7 Å². The van der Waals surface area contributed by atoms with Gasteiger partial charge in [0.05, 0.1) is 18.2 Å². The second-order valence-corrected chi connectivity index (χ2v) is 10.4. The van der Waals surface area contributed by atoms with E-state index in [-0.39, 0.29) is 30.0 Å². The first-order valence-electron chi connectivity index (χ1n) is 13.3. The molecule has 1 unspecified atom stereocenters. The predicted molar refractivity (Wildman–Crippen MR) is 147 cm³/mol. The van der Waals surface area contributed by atoms with Crippen molar-refractivity contribution in [3.05, 3.63) is 94.9 Å². The average molecular weight is 549 g/mol. The van der Waals surface area contributed by atoms with E-state index in [0.29, 0.717) is 31.2 Å². The van der Waals surface area contributed by atoms with Gasteiger partial charge in [-0.1, -0.05) is 36.8 Å². The molecule has 0 radical (unpaired) electrons. The zero-order chi connectivity index (χ0) is 28.2. The summed E-state index contributed by atoms with van der Waals surface area (Å²) in [6, 6.07) is 17.3. The van der Waals surface area contributed by atoms with E-state index >= 15 is 4.39 Å². The van der Waals surface area contributed by atoms with Gasteiger partial charge in [-0.25, -0.2) is 9.38 Å². The van der Waals surface area contributed by atoms with Crippen molar-refractivity contribution in [1.29, 1.82) is 0 Å². The van der Waals surface area contributed by atoms with Crippen LogP contribution in [0.2, 0.25) is 0 Å². The van der Waals surface area contributed by atoms with Crippen LogP contribution in [-0.4, -0.2) is 27.8 Å². The Kier molecular flexibility index (Phi) is 6.40. The third kappa shape index (κ3) is 4.53. The van der Waals surface area contributed by atoms with Crippen LogP contribution in [0.25, 0.3) is 10.9 Å². The number of carbonyl (C=O) groups excluding carboxylic acids is 1. The van der Waals surface area contributed by atoms with E-state index in [2.05, 4.69) is 28.8 Å². The Balaban J connectivity index is 1.51. The van der Waals surface area contributed by atoms with Gasteiger partial charge in [0.25, 0.3) is 0 Å². The number of carbonyl (C=O) groups is 1. The minimum atomic E-state index is -4.55. The summed E-state index contributed by atoms with van der Waals surface area (Å²) < 4.78 is 58.7. The van der Waals surface area contributed by atoms with Gasteiger partial charge in [-0.15, -0.1) is 0 Å². The SMILES string of the molecule is CCC(=O)CC1c2cccc(F)c2N=C(N2CCn3c(cc4cc(C)ccc43)C2)N1c1cccc(C(F)(F)F)c1. The normalized spacial score (nSPS) is 17.1. The fourth-order valence-electron chi connectivity index (χ4n) is 5.77. The van der Waals surface area contributed by atoms with E-state index in [0.717, 1.165) is 34.3 Å². The van der Waals surface area contributed by atoms with Crippen LogP contribution in [0.5, 0.6) is 0 Å². The topological polar surface area (TPSA) is 40.8 Å². The molecule has 3 heterocycles. The number of ketones is 1. The molecular formula is C31H28F4N4O. The van der Waals surface area contributed by atoms with Crippen LogP contribution in [0.1, 0.15) is 48.2 Å². The third-order valence-electron chi connectivity index (χ3n) is 7.75. The first-order valence-corrected chi connectivity index (χ1v) is 13.3. The van der Waals surface area contributed by atoms with E-state index in [1.807, 2.05) is 11.8 Å². The molecular weight excluding hydrogens is 520 g/mol. The summed E-state index contributed by atoms with van der Waals surface area (Å²) in [5.41, 5.74) is 3.33. The van der Waals surface area contributed by atoms with Crippen LogP contribution in [0.3, 0.4) is 0 Å². The number of aliphatic imine (C=N–C) groups is 1. The van der Waals surface area contributed by atoms with Crippen molar-refractivity contribution >= 4 is 34.0 Å². The van der Waals surface area contributed by atoms with Gasteiger partial charge in [-0.05, 0) is 49.4 Å². The summed E-state index contributed by atoms with van der Waals surface area (Å²) in [4.78, 5) is 21.2. The van der Waals surface area contributed by atoms with Gasteiger partial charge in [-0.2, -0.15) is 13.2 Å². The van der Waals surface area contributed by atoms with Crippen LogP contribution in [0, 0.1) is 12.7 Å². The zero-order valence-electron chi connectivity index (χ0n) is 22.2. The first-order chi connectivity index (χ1) is 19.1. The highest BCUT2D eigenvalue weighted by Crippen LogP contribution is 2.43. The maximum atomic E-state index is 15.2. The largest absolute Gasteiger partial charge is 0.416 e. The van der Waals surface area contributed by atoms with Crippen molar-refractivity contribution in [3.63, 3.8) is 0 Å². The lowest BCUT2D eigenvalue weighted by molar-refractivity contribution is -0.137. The van der Waals surface area contributed by atoms with Crippen LogP contribution >= 0.6 is 0 Å². The second kappa shape index (κ2) is 9.80. The molecule has 1 aromatic heterocycles. The third-order valence-corrected chi connectivity index (χ3v) is 7.75. The average Bonchev–Trinajstić information content (AvgIpc) is 3.29. The second-order valence-electron chi connectivity index (χ2n) is 10.4. The van der Waals surface area contributed by atoms with E-state index < -0.39 is 23.6 Å². The lowest BCUT2D eigenvalue weighted by Gasteiger charge is -2.43. The monoisotopic (exact) mass is 548 g/mol. The molecule has 2 aliphatic heterocycles. The number of rotatable bonds is 4. The molecule has 0 saturated carbocycles. The van der Waals surface area contributed by atoms with E-state index in [9.17, 15) is 18.0 Å². The molecule has 0 N–H and O–H groups in total. The molecule has 206 valence electrons. The maximum absolute atomic E-state index is 15.2. The van der Waals surface area contributed by atoms with Crippen molar-refractivity contribution in [2.24, 2.45) is 4.99 Å². The molecule has 0 amide bonds. The van der Waals surface area contributed by atoms with Gasteiger partial charge < -0.3 is 14.4 Å². The van der Waals surface area contributed by atoms with Crippen molar-refractivity contribution in [2.45, 2.75) is 52.0 Å². The number of halogens is 4. The fraction of sp³-hybridized carbons (Fsp3) is 0.290. The molecule has 5 nitrogen and oxygen atoms in total. The number of Topliss-reactive ketones (excluding diaryl/α,β-unsaturated/α-hetero) is 1. The van der Waals surface area contributed by atoms with Gasteiger partial charge in [0.15, 0.2) is 0 Å². The number of anilines is 1. The Morgan fingerprint density at radius 1 is 1.02 bits per heavy atom. The highest BCUT2D eigenvalue weighted by molar-refractivity contribution is 6.01. The predicted octanol–water partition coefficient (Wildman–Crippen LogP) is 7.54. The molecule has 40 heavy (non-hydrogen) atoms. The highest BCUT2D eigenvalue weighted by Gasteiger charge is 2.38. The van der Waals surface area contributed by atoms with Gasteiger partial charge in [0.1, 0.15) is 17.3 Å². The summed E-state index contributed by atoms with van der Waals surface area (Å²) in [5, 5.41) is 1.11. The maximum Gasteiger partial charge on any atom is 0.416 e. The quantitative estimate of drug-likeness (QED) is 0.248. The van der Waals surface area contributed by atoms with Crippen molar-refractivity contribution in [3.8, 4) is 0 Å². The molecule has 0 aliphatic carbocycles. The van der Waals surface area contributed by atoms with Crippen LogP contribution in [-0.2, 0) is 24.1 Å². The van der Waals surface area contributed by atoms with Gasteiger partial charge in [-0.3, -0.25) is 4.79 Å². The Morgan fingerprint density at radius 2 is 1.82 bits per heavy atom. The summed E-state index contributed by atoms with van der Waals surface area (Å²) >= 11 is 0. The number of benzene rings is 3. The molecule has 0 saturated heterocycles. The number of fused-ring (bicyclic) bond motifs is 4. The van der Waals surface area contributed by atoms with Crippen molar-refractivity contribution < 1.29 is 22.4 Å². The molecule has 2 aliphatic rings. The summed E-state index contributed by atoms with van der Waals surface area (Å²) in [6.45, 7) is 5.35. The number of hydrogen-bond acceptors (Lipinski definition) is 4. The molecule has 9 heteroatoms. The molecule has 4 aromatic rings. The standard InChI is InChI=1S/C31H28F4N4O/c1-3-24(40)17-28-25-8-5-9-26(32)29(25)36-30(39(28)22-7-4-6-21(16-22)31(33,34)35)37-12-13-38-23(18-37)15-20-14-19(2)10-11-27(20)38/h4-11,14-16,28H,3,12-13,17-18H2,1-2H3. The van der Waals surface area contributed by atoms with Gasteiger partial charge in [0.2, 0.25) is 5.96 Å². The number of aromatic nitrogens is 1. The molecule has 0 bridgehead atoms. The number of hydrogen-bond donors (Lipinski definition) is 0. The summed E-state index contributed by atoms with van der Waals surface area (Å²) in [5.74, 6) is -0.277. The number of para-hydroxylation sites is 1. The minimum absolute atomic E-state index is 0.00952. The van der Waals surface area contributed by atoms with Crippen molar-refractivity contribution in [1.82, 2.24) is 9.47 Å². The lowest BCUT2D eigenvalue weighted by Crippen LogP contribution is -2.50. The lowest BCUT2D eigenvalue weighted by atomic mass is 9.94. The minimum Gasteiger partial charge on any atom is -0.341 e. The molecule has 3 aromatic carbocycles. The van der Waals surface area contributed by atoms with Crippen molar-refractivity contribution in [2.75, 3.05) is 11.4 Å². The Hall–Kier alpha value is -4.14. The highest BCUT2D eigenvalue weighted by atomic mass is 19.4. The molecule has 0 spiro atoms. The van der Waals surface area contributed by atoms with E-state index in [4.69, 9.17) is 4.99 Å². The Morgan fingerprint density at radius 3 is 2.60 bits per heavy atom. The van der Waals surface area contributed by atoms with E-state index in [1.165, 1.54) is 12.1 Å². The van der Waals surface area contributed by atoms with Crippen LogP contribution < -0.4 is 4.90 Å².